The largest absolute Gasteiger partial charge is 0.321 e. The van der Waals surface area contributed by atoms with E-state index in [0.29, 0.717) is 43.8 Å². The number of nitriles is 1. The molecule has 6 rings (SSSR count). The first-order valence-corrected chi connectivity index (χ1v) is 19.8. The molecule has 0 saturated heterocycles. The summed E-state index contributed by atoms with van der Waals surface area (Å²) in [5.74, 6) is -1.40. The van der Waals surface area contributed by atoms with Crippen LogP contribution in [0.4, 0.5) is 16.4 Å². The fraction of sp³-hybridized carbons (Fsp3) is 0.109. The summed E-state index contributed by atoms with van der Waals surface area (Å²) in [5, 5.41) is 21.0. The third-order valence-corrected chi connectivity index (χ3v) is 11.3. The number of rotatable bonds is 13. The number of anilines is 3. The van der Waals surface area contributed by atoms with E-state index in [2.05, 4.69) is 41.2 Å². The fourth-order valence-corrected chi connectivity index (χ4v) is 7.95. The van der Waals surface area contributed by atoms with Crippen LogP contribution in [0.15, 0.2) is 150 Å². The van der Waals surface area contributed by atoms with Crippen LogP contribution in [-0.2, 0) is 9.59 Å². The lowest BCUT2D eigenvalue weighted by molar-refractivity contribution is -0.116. The third kappa shape index (κ3) is 10.3. The zero-order valence-corrected chi connectivity index (χ0v) is 33.0. The molecule has 11 heteroatoms. The number of hydrogen-bond acceptors (Lipinski definition) is 7. The predicted octanol–water partition coefficient (Wildman–Crippen LogP) is 10.2. The quantitative estimate of drug-likeness (QED) is 0.0678. The molecule has 1 aromatic heterocycles. The molecule has 1 unspecified atom stereocenters. The van der Waals surface area contributed by atoms with Gasteiger partial charge in [0.25, 0.3) is 17.7 Å². The van der Waals surface area contributed by atoms with Gasteiger partial charge in [0.05, 0.1) is 10.4 Å². The molecule has 0 aliphatic carbocycles. The predicted molar refractivity (Wildman–Crippen MR) is 229 cm³/mol. The minimum Gasteiger partial charge on any atom is -0.321 e. The molecule has 9 nitrogen and oxygen atoms in total. The van der Waals surface area contributed by atoms with Crippen LogP contribution in [0.5, 0.6) is 0 Å². The van der Waals surface area contributed by atoms with E-state index < -0.39 is 23.0 Å². The highest BCUT2D eigenvalue weighted by Gasteiger charge is 2.27. The van der Waals surface area contributed by atoms with Crippen molar-refractivity contribution in [2.75, 3.05) is 16.0 Å². The Kier molecular flexibility index (Phi) is 13.1. The lowest BCUT2D eigenvalue weighted by Gasteiger charge is -2.17. The highest BCUT2D eigenvalue weighted by molar-refractivity contribution is 8.00. The Balaban J connectivity index is 1.23. The molecule has 0 spiro atoms. The van der Waals surface area contributed by atoms with Gasteiger partial charge in [-0.3, -0.25) is 19.2 Å². The van der Waals surface area contributed by atoms with E-state index >= 15 is 0 Å². The summed E-state index contributed by atoms with van der Waals surface area (Å²) in [6.07, 6.45) is 1.63. The standard InChI is InChI=1S/C46H39N5O4S2/c1-29(2)32-24-22-31(23-25-32)26-39(50-42(52)34-16-9-5-10-17-34)43(53)49-36-20-13-21-37(27-36)56-41(33-14-7-4-8-15-33)45(55)51-46-38(28-47)30(3)40(57-46)44(54)48-35-18-11-6-12-19-35/h4-27,29,41H,1-3H3,(H,48,54)(H,49,53)(H,50,52)(H,51,55)/b39-26+. The summed E-state index contributed by atoms with van der Waals surface area (Å²) in [6, 6.07) is 43.9. The van der Waals surface area contributed by atoms with Crippen LogP contribution in [0.3, 0.4) is 0 Å². The number of para-hydroxylation sites is 1. The first kappa shape index (κ1) is 39.9. The first-order chi connectivity index (χ1) is 27.6. The van der Waals surface area contributed by atoms with E-state index in [1.807, 2.05) is 84.9 Å². The number of amides is 4. The van der Waals surface area contributed by atoms with Gasteiger partial charge in [0.15, 0.2) is 0 Å². The smallest absolute Gasteiger partial charge is 0.272 e. The van der Waals surface area contributed by atoms with Crippen LogP contribution in [0.25, 0.3) is 6.08 Å². The van der Waals surface area contributed by atoms with Crippen LogP contribution in [0.2, 0.25) is 0 Å². The maximum absolute atomic E-state index is 14.1. The van der Waals surface area contributed by atoms with E-state index in [1.54, 1.807) is 67.6 Å². The highest BCUT2D eigenvalue weighted by Crippen LogP contribution is 2.39. The number of nitrogens with zero attached hydrogens (tertiary/aromatic N) is 1. The molecule has 4 amide bonds. The molecule has 4 N–H and O–H groups in total. The molecule has 0 aliphatic heterocycles. The Morgan fingerprint density at radius 2 is 1.33 bits per heavy atom. The zero-order chi connectivity index (χ0) is 40.3. The average molecular weight is 790 g/mol. The second-order valence-electron chi connectivity index (χ2n) is 13.3. The monoisotopic (exact) mass is 789 g/mol. The van der Waals surface area contributed by atoms with Gasteiger partial charge in [-0.05, 0) is 83.6 Å². The van der Waals surface area contributed by atoms with Crippen molar-refractivity contribution in [3.05, 3.63) is 183 Å². The van der Waals surface area contributed by atoms with Gasteiger partial charge < -0.3 is 21.3 Å². The fourth-order valence-electron chi connectivity index (χ4n) is 5.81. The Morgan fingerprint density at radius 3 is 1.98 bits per heavy atom. The van der Waals surface area contributed by atoms with Crippen LogP contribution < -0.4 is 21.3 Å². The maximum atomic E-state index is 14.1. The highest BCUT2D eigenvalue weighted by atomic mass is 32.2. The topological polar surface area (TPSA) is 140 Å². The number of thiophene rings is 1. The van der Waals surface area contributed by atoms with Gasteiger partial charge in [0.1, 0.15) is 22.0 Å². The van der Waals surface area contributed by atoms with Crippen LogP contribution in [-0.4, -0.2) is 23.6 Å². The van der Waals surface area contributed by atoms with E-state index in [1.165, 1.54) is 11.8 Å². The molecular formula is C46H39N5O4S2. The molecule has 0 bridgehead atoms. The minimum absolute atomic E-state index is 0.0529. The second-order valence-corrected chi connectivity index (χ2v) is 15.5. The molecule has 0 fully saturated rings. The SMILES string of the molecule is Cc1c(C(=O)Nc2ccccc2)sc(NC(=O)C(Sc2cccc(NC(=O)/C(=C\c3ccc(C(C)C)cc3)NC(=O)c3ccccc3)c2)c2ccccc2)c1C#N. The average Bonchev–Trinajstić information content (AvgIpc) is 3.54. The summed E-state index contributed by atoms with van der Waals surface area (Å²) < 4.78 is 0. The number of hydrogen-bond donors (Lipinski definition) is 4. The van der Waals surface area contributed by atoms with Crippen molar-refractivity contribution in [3.8, 4) is 6.07 Å². The van der Waals surface area contributed by atoms with E-state index in [0.717, 1.165) is 22.5 Å². The van der Waals surface area contributed by atoms with Crippen molar-refractivity contribution >= 4 is 69.2 Å². The Hall–Kier alpha value is -6.74. The van der Waals surface area contributed by atoms with Crippen molar-refractivity contribution in [2.24, 2.45) is 0 Å². The van der Waals surface area contributed by atoms with Gasteiger partial charge >= 0.3 is 0 Å². The lowest BCUT2D eigenvalue weighted by Crippen LogP contribution is -2.30. The summed E-state index contributed by atoms with van der Waals surface area (Å²) in [6.45, 7) is 5.89. The van der Waals surface area contributed by atoms with E-state index in [9.17, 15) is 24.4 Å². The maximum Gasteiger partial charge on any atom is 0.272 e. The summed E-state index contributed by atoms with van der Waals surface area (Å²) in [4.78, 5) is 55.4. The van der Waals surface area contributed by atoms with Gasteiger partial charge in [0, 0.05) is 21.8 Å². The minimum atomic E-state index is -0.776. The van der Waals surface area contributed by atoms with Gasteiger partial charge in [-0.1, -0.05) is 111 Å². The summed E-state index contributed by atoms with van der Waals surface area (Å²) in [7, 11) is 0. The molecule has 0 saturated carbocycles. The molecule has 284 valence electrons. The van der Waals surface area contributed by atoms with Crippen molar-refractivity contribution in [1.29, 1.82) is 5.26 Å². The number of carbonyl (C=O) groups is 4. The summed E-state index contributed by atoms with van der Waals surface area (Å²) >= 11 is 2.30. The first-order valence-electron chi connectivity index (χ1n) is 18.1. The number of carbonyl (C=O) groups excluding carboxylic acids is 4. The van der Waals surface area contributed by atoms with Crippen LogP contribution >= 0.6 is 23.1 Å². The van der Waals surface area contributed by atoms with Crippen molar-refractivity contribution in [2.45, 2.75) is 36.8 Å². The van der Waals surface area contributed by atoms with Crippen molar-refractivity contribution in [1.82, 2.24) is 5.32 Å². The Labute approximate surface area is 339 Å². The Morgan fingerprint density at radius 1 is 0.702 bits per heavy atom. The van der Waals surface area contributed by atoms with Gasteiger partial charge in [-0.25, -0.2) is 0 Å². The molecule has 6 aromatic rings. The van der Waals surface area contributed by atoms with Crippen LogP contribution in [0, 0.1) is 18.3 Å². The molecular weight excluding hydrogens is 751 g/mol. The lowest BCUT2D eigenvalue weighted by atomic mass is 10.0. The van der Waals surface area contributed by atoms with Gasteiger partial charge in [-0.2, -0.15) is 5.26 Å². The molecule has 57 heavy (non-hydrogen) atoms. The third-order valence-electron chi connectivity index (χ3n) is 8.86. The molecule has 5 aromatic carbocycles. The molecule has 1 heterocycles. The number of nitrogens with one attached hydrogen (secondary N) is 4. The molecule has 1 atom stereocenters. The van der Waals surface area contributed by atoms with Gasteiger partial charge in [0.2, 0.25) is 5.91 Å². The van der Waals surface area contributed by atoms with Gasteiger partial charge in [-0.15, -0.1) is 23.1 Å². The normalized spacial score (nSPS) is 11.6. The number of benzene rings is 5. The zero-order valence-electron chi connectivity index (χ0n) is 31.4. The number of thioether (sulfide) groups is 1. The van der Waals surface area contributed by atoms with Crippen LogP contribution in [0.1, 0.15) is 72.9 Å². The Bertz CT molecular complexity index is 2460. The molecule has 0 aliphatic rings. The summed E-state index contributed by atoms with van der Waals surface area (Å²) in [5.41, 5.74) is 4.80. The van der Waals surface area contributed by atoms with Crippen molar-refractivity contribution < 1.29 is 19.2 Å². The van der Waals surface area contributed by atoms with E-state index in [-0.39, 0.29) is 22.2 Å². The van der Waals surface area contributed by atoms with E-state index in [4.69, 9.17) is 0 Å². The van der Waals surface area contributed by atoms with Crippen molar-refractivity contribution in [3.63, 3.8) is 0 Å². The molecule has 0 radical (unpaired) electrons. The second kappa shape index (κ2) is 18.7.